The molecule has 59 heavy (non-hydrogen) atoms. The fourth-order valence-corrected chi connectivity index (χ4v) is 24.3. The molecule has 0 aromatic heterocycles. The minimum atomic E-state index is -3.63. The summed E-state index contributed by atoms with van der Waals surface area (Å²) in [6.07, 6.45) is 4.00. The van der Waals surface area contributed by atoms with Crippen LogP contribution in [-0.4, -0.2) is 199 Å². The Bertz CT molecular complexity index is 902. The monoisotopic (exact) mass is 941 g/mol. The zero-order valence-corrected chi connectivity index (χ0v) is 43.0. The van der Waals surface area contributed by atoms with E-state index in [9.17, 15) is 0 Å². The van der Waals surface area contributed by atoms with Crippen LogP contribution in [0.2, 0.25) is 30.2 Å². The zero-order valence-electron chi connectivity index (χ0n) is 38.0. The molecule has 21 nitrogen and oxygen atoms in total. The summed E-state index contributed by atoms with van der Waals surface area (Å²) < 4.78 is 68.6. The zero-order chi connectivity index (χ0) is 44.2. The molecule has 0 bridgehead atoms. The highest BCUT2D eigenvalue weighted by Gasteiger charge is 2.61. The smallest absolute Gasteiger partial charge is 0.386 e. The molecule has 1 rings (SSSR count). The highest BCUT2D eigenvalue weighted by atomic mass is 28.5. The number of nitrogens with one attached hydrogen (secondary N) is 6. The summed E-state index contributed by atoms with van der Waals surface area (Å²) in [5, 5.41) is 16.6. The van der Waals surface area contributed by atoms with Gasteiger partial charge in [0.1, 0.15) is 0 Å². The lowest BCUT2D eigenvalue weighted by Crippen LogP contribution is -2.66. The summed E-state index contributed by atoms with van der Waals surface area (Å²) in [6, 6.07) is 3.02. The quantitative estimate of drug-likeness (QED) is 0.0242. The van der Waals surface area contributed by atoms with Crippen LogP contribution >= 0.6 is 0 Å². The Labute approximate surface area is 362 Å². The second-order valence-electron chi connectivity index (χ2n) is 13.8. The summed E-state index contributed by atoms with van der Waals surface area (Å²) in [6.45, 7) is 10.9. The predicted octanol–water partition coefficient (Wildman–Crippen LogP) is -1.78. The van der Waals surface area contributed by atoms with Crippen LogP contribution in [0.25, 0.3) is 0 Å². The van der Waals surface area contributed by atoms with Crippen molar-refractivity contribution in [2.75, 3.05) is 155 Å². The van der Waals surface area contributed by atoms with Crippen molar-refractivity contribution in [3.05, 3.63) is 0 Å². The highest BCUT2D eigenvalue weighted by Crippen LogP contribution is 2.34. The Kier molecular flexibility index (Phi) is 36.7. The van der Waals surface area contributed by atoms with Crippen molar-refractivity contribution in [1.82, 2.24) is 31.6 Å². The first-order valence-corrected chi connectivity index (χ1v) is 30.9. The van der Waals surface area contributed by atoms with E-state index < -0.39 is 43.9 Å². The maximum absolute atomic E-state index is 7.11. The SMILES string of the molecule is CO[Si](CCCNCCN)(OC)O[Si](CCCNCCN)(OC)O[Si](CCCNCCN)(OC)O[Si](CCCNCCN)(OC)OC.CO[Si]1(OC)CCCNCCN1. The summed E-state index contributed by atoms with van der Waals surface area (Å²) in [4.78, 5) is 3.37. The maximum Gasteiger partial charge on any atom is 0.493 e. The van der Waals surface area contributed by atoms with E-state index in [2.05, 4.69) is 31.6 Å². The van der Waals surface area contributed by atoms with Gasteiger partial charge in [-0.1, -0.05) is 0 Å². The Morgan fingerprint density at radius 3 is 1.07 bits per heavy atom. The standard InChI is InChI=1S/C26H70N8O9Si4.C7H18N2O2Si/c1-35-44(36-2,23-7-15-31-19-11-27)41-46(39-5,25-9-17-33-21-13-29)43-47(40-6,26-10-18-34-22-14-30)42-45(37-3,38-4)24-8-16-32-20-12-28;1-10-12(11-2)7-3-4-8-5-6-9-12/h31-34H,7-30H2,1-6H3;8-9H,3-7H2,1-2H3. The molecule has 0 radical (unpaired) electrons. The topological polar surface area (TPSA) is 278 Å². The molecule has 2 unspecified atom stereocenters. The molecular formula is C33H88N10O11Si5. The number of hydrogen-bond acceptors (Lipinski definition) is 21. The van der Waals surface area contributed by atoms with Crippen molar-refractivity contribution in [3.63, 3.8) is 0 Å². The van der Waals surface area contributed by atoms with Gasteiger partial charge in [-0.05, 0) is 64.8 Å². The fourth-order valence-electron chi connectivity index (χ4n) is 6.23. The van der Waals surface area contributed by atoms with E-state index in [0.29, 0.717) is 89.4 Å². The van der Waals surface area contributed by atoms with Gasteiger partial charge in [0.2, 0.25) is 0 Å². The molecule has 1 heterocycles. The Morgan fingerprint density at radius 1 is 0.441 bits per heavy atom. The molecule has 1 aliphatic heterocycles. The lowest BCUT2D eigenvalue weighted by atomic mass is 10.4. The van der Waals surface area contributed by atoms with Gasteiger partial charge < -0.3 is 97.3 Å². The molecule has 14 N–H and O–H groups in total. The average molecular weight is 942 g/mol. The Hall–Kier alpha value is 0.244. The molecular weight excluding hydrogens is 853 g/mol. The fraction of sp³-hybridized carbons (Fsp3) is 1.00. The van der Waals surface area contributed by atoms with Gasteiger partial charge >= 0.3 is 43.9 Å². The van der Waals surface area contributed by atoms with E-state index >= 15 is 0 Å². The van der Waals surface area contributed by atoms with Crippen molar-refractivity contribution in [2.45, 2.75) is 62.3 Å². The summed E-state index contributed by atoms with van der Waals surface area (Å²) in [5.41, 5.74) is 22.7. The summed E-state index contributed by atoms with van der Waals surface area (Å²) >= 11 is 0. The highest BCUT2D eigenvalue weighted by molar-refractivity contribution is 6.84. The molecule has 1 saturated heterocycles. The molecule has 356 valence electrons. The van der Waals surface area contributed by atoms with Crippen LogP contribution in [0.1, 0.15) is 32.1 Å². The van der Waals surface area contributed by atoms with Crippen molar-refractivity contribution >= 4 is 43.9 Å². The molecule has 0 amide bonds. The van der Waals surface area contributed by atoms with Crippen molar-refractivity contribution in [2.24, 2.45) is 22.9 Å². The van der Waals surface area contributed by atoms with Crippen LogP contribution in [0.15, 0.2) is 0 Å². The van der Waals surface area contributed by atoms with Gasteiger partial charge in [0.05, 0.1) is 0 Å². The molecule has 0 spiro atoms. The van der Waals surface area contributed by atoms with Crippen molar-refractivity contribution < 1.29 is 47.8 Å². The van der Waals surface area contributed by atoms with Gasteiger partial charge in [-0.15, -0.1) is 0 Å². The van der Waals surface area contributed by atoms with E-state index in [1.54, 1.807) is 56.9 Å². The van der Waals surface area contributed by atoms with Gasteiger partial charge in [0, 0.05) is 153 Å². The third-order valence-electron chi connectivity index (χ3n) is 9.64. The molecule has 2 atom stereocenters. The number of hydrogen-bond donors (Lipinski definition) is 10. The van der Waals surface area contributed by atoms with E-state index in [4.69, 9.17) is 70.7 Å². The molecule has 0 aromatic carbocycles. The van der Waals surface area contributed by atoms with Crippen LogP contribution in [0.3, 0.4) is 0 Å². The molecule has 0 saturated carbocycles. The molecule has 26 heteroatoms. The Morgan fingerprint density at radius 2 is 0.763 bits per heavy atom. The maximum atomic E-state index is 7.11. The van der Waals surface area contributed by atoms with Crippen LogP contribution in [-0.2, 0) is 47.8 Å². The van der Waals surface area contributed by atoms with E-state index in [1.165, 1.54) is 0 Å². The van der Waals surface area contributed by atoms with E-state index in [-0.39, 0.29) is 0 Å². The first-order chi connectivity index (χ1) is 28.6. The normalized spacial score (nSPS) is 17.1. The first kappa shape index (κ1) is 59.2. The minimum absolute atomic E-state index is 0.457. The van der Waals surface area contributed by atoms with E-state index in [1.807, 2.05) is 0 Å². The van der Waals surface area contributed by atoms with Gasteiger partial charge in [-0.3, -0.25) is 4.98 Å². The van der Waals surface area contributed by atoms with Crippen LogP contribution < -0.4 is 54.5 Å². The van der Waals surface area contributed by atoms with Crippen LogP contribution in [0.5, 0.6) is 0 Å². The lowest BCUT2D eigenvalue weighted by molar-refractivity contribution is 0.0605. The third kappa shape index (κ3) is 24.8. The lowest BCUT2D eigenvalue weighted by Gasteiger charge is -2.43. The summed E-state index contributed by atoms with van der Waals surface area (Å²) in [5.74, 6) is 0. The van der Waals surface area contributed by atoms with Gasteiger partial charge in [-0.25, -0.2) is 0 Å². The number of nitrogens with two attached hydrogens (primary N) is 4. The predicted molar refractivity (Wildman–Crippen MR) is 244 cm³/mol. The second-order valence-corrected chi connectivity index (χ2v) is 29.3. The van der Waals surface area contributed by atoms with Crippen molar-refractivity contribution in [1.29, 1.82) is 0 Å². The molecule has 1 aliphatic rings. The Balaban J connectivity index is 0.00000237. The number of rotatable bonds is 38. The van der Waals surface area contributed by atoms with Crippen LogP contribution in [0, 0.1) is 0 Å². The first-order valence-electron chi connectivity index (χ1n) is 21.2. The largest absolute Gasteiger partial charge is 0.493 e. The molecule has 0 aromatic rings. The van der Waals surface area contributed by atoms with Gasteiger partial charge in [0.15, 0.2) is 0 Å². The van der Waals surface area contributed by atoms with Crippen molar-refractivity contribution in [3.8, 4) is 0 Å². The second kappa shape index (κ2) is 36.6. The van der Waals surface area contributed by atoms with Crippen LogP contribution in [0.4, 0.5) is 0 Å². The molecule has 0 aliphatic carbocycles. The van der Waals surface area contributed by atoms with E-state index in [0.717, 1.165) is 71.1 Å². The van der Waals surface area contributed by atoms with Gasteiger partial charge in [-0.2, -0.15) is 0 Å². The minimum Gasteiger partial charge on any atom is -0.386 e. The summed E-state index contributed by atoms with van der Waals surface area (Å²) in [7, 11) is -2.76. The third-order valence-corrected chi connectivity index (χ3v) is 27.8. The molecule has 1 fully saturated rings. The average Bonchev–Trinajstić information content (AvgIpc) is 3.25. The van der Waals surface area contributed by atoms with Gasteiger partial charge in [0.25, 0.3) is 0 Å².